The first kappa shape index (κ1) is 13.4. The van der Waals surface area contributed by atoms with E-state index in [9.17, 15) is 4.79 Å². The molecular weight excluding hydrogens is 246 g/mol. The van der Waals surface area contributed by atoms with Crippen LogP contribution in [-0.4, -0.2) is 41.4 Å². The van der Waals surface area contributed by atoms with E-state index < -0.39 is 0 Å². The lowest BCUT2D eigenvalue weighted by Crippen LogP contribution is -2.40. The zero-order valence-electron chi connectivity index (χ0n) is 10.4. The summed E-state index contributed by atoms with van der Waals surface area (Å²) in [6, 6.07) is 10.00. The minimum absolute atomic E-state index is 0.209. The summed E-state index contributed by atoms with van der Waals surface area (Å²) in [5.74, 6) is 1.10. The zero-order chi connectivity index (χ0) is 12.8. The molecule has 18 heavy (non-hydrogen) atoms. The topological polar surface area (TPSA) is 40.5 Å². The molecule has 3 nitrogen and oxygen atoms in total. The van der Waals surface area contributed by atoms with E-state index in [1.54, 1.807) is 11.8 Å². The molecule has 1 saturated heterocycles. The molecule has 1 aromatic carbocycles. The lowest BCUT2D eigenvalue weighted by molar-refractivity contribution is -0.129. The summed E-state index contributed by atoms with van der Waals surface area (Å²) in [5.41, 5.74) is 0. The number of carbonyl (C=O) groups excluding carboxylic acids is 1. The van der Waals surface area contributed by atoms with E-state index in [4.69, 9.17) is 5.11 Å². The fourth-order valence-electron chi connectivity index (χ4n) is 2.12. The lowest BCUT2D eigenvalue weighted by atomic mass is 9.98. The van der Waals surface area contributed by atoms with Crippen molar-refractivity contribution in [3.63, 3.8) is 0 Å². The van der Waals surface area contributed by atoms with E-state index >= 15 is 0 Å². The molecule has 1 aliphatic heterocycles. The van der Waals surface area contributed by atoms with Gasteiger partial charge in [-0.3, -0.25) is 4.79 Å². The number of benzene rings is 1. The molecule has 1 fully saturated rings. The second-order valence-corrected chi connectivity index (χ2v) is 5.66. The normalized spacial score (nSPS) is 16.8. The van der Waals surface area contributed by atoms with Gasteiger partial charge in [-0.25, -0.2) is 0 Å². The minimum Gasteiger partial charge on any atom is -0.396 e. The SMILES string of the molecule is O=C(CSc1ccccc1)N1CCC(CO)CC1. The standard InChI is InChI=1S/C14H19NO2S/c16-10-12-6-8-15(9-7-12)14(17)11-18-13-4-2-1-3-5-13/h1-5,12,16H,6-11H2. The smallest absolute Gasteiger partial charge is 0.232 e. The summed E-state index contributed by atoms with van der Waals surface area (Å²) in [7, 11) is 0. The van der Waals surface area contributed by atoms with E-state index in [1.165, 1.54) is 0 Å². The first-order valence-electron chi connectivity index (χ1n) is 6.36. The number of aliphatic hydroxyl groups excluding tert-OH is 1. The van der Waals surface area contributed by atoms with Crippen LogP contribution in [0.4, 0.5) is 0 Å². The second kappa shape index (κ2) is 6.81. The molecule has 2 rings (SSSR count). The molecule has 1 N–H and O–H groups in total. The average Bonchev–Trinajstić information content (AvgIpc) is 2.46. The van der Waals surface area contributed by atoms with Gasteiger partial charge in [0.15, 0.2) is 0 Å². The van der Waals surface area contributed by atoms with E-state index in [0.29, 0.717) is 11.7 Å². The first-order chi connectivity index (χ1) is 8.79. The Morgan fingerprint density at radius 3 is 2.56 bits per heavy atom. The summed E-state index contributed by atoms with van der Waals surface area (Å²) >= 11 is 1.59. The van der Waals surface area contributed by atoms with Gasteiger partial charge in [-0.15, -0.1) is 11.8 Å². The van der Waals surface area contributed by atoms with Gasteiger partial charge in [0.25, 0.3) is 0 Å². The van der Waals surface area contributed by atoms with Gasteiger partial charge in [-0.2, -0.15) is 0 Å². The largest absolute Gasteiger partial charge is 0.396 e. The minimum atomic E-state index is 0.209. The summed E-state index contributed by atoms with van der Waals surface area (Å²) in [4.78, 5) is 15.1. The van der Waals surface area contributed by atoms with Crippen LogP contribution in [0.2, 0.25) is 0 Å². The maximum atomic E-state index is 12.0. The van der Waals surface area contributed by atoms with E-state index in [1.807, 2.05) is 35.2 Å². The monoisotopic (exact) mass is 265 g/mol. The van der Waals surface area contributed by atoms with Crippen molar-refractivity contribution in [3.05, 3.63) is 30.3 Å². The summed E-state index contributed by atoms with van der Waals surface area (Å²) in [6.07, 6.45) is 1.86. The van der Waals surface area contributed by atoms with Crippen LogP contribution in [0, 0.1) is 5.92 Å². The molecule has 0 unspecified atom stereocenters. The Bertz CT molecular complexity index is 375. The molecule has 4 heteroatoms. The van der Waals surface area contributed by atoms with E-state index in [-0.39, 0.29) is 12.5 Å². The van der Waals surface area contributed by atoms with Crippen LogP contribution in [0.5, 0.6) is 0 Å². The van der Waals surface area contributed by atoms with E-state index in [0.717, 1.165) is 30.8 Å². The van der Waals surface area contributed by atoms with Crippen molar-refractivity contribution in [1.29, 1.82) is 0 Å². The summed E-state index contributed by atoms with van der Waals surface area (Å²) in [5, 5.41) is 9.06. The zero-order valence-corrected chi connectivity index (χ0v) is 11.2. The molecule has 0 aliphatic carbocycles. The number of hydrogen-bond donors (Lipinski definition) is 1. The number of likely N-dealkylation sites (tertiary alicyclic amines) is 1. The van der Waals surface area contributed by atoms with Gasteiger partial charge in [-0.05, 0) is 30.9 Å². The highest BCUT2D eigenvalue weighted by Gasteiger charge is 2.21. The highest BCUT2D eigenvalue weighted by atomic mass is 32.2. The Balaban J connectivity index is 1.75. The third-order valence-electron chi connectivity index (χ3n) is 3.33. The maximum absolute atomic E-state index is 12.0. The van der Waals surface area contributed by atoms with Crippen molar-refractivity contribution >= 4 is 17.7 Å². The van der Waals surface area contributed by atoms with Gasteiger partial charge in [0.1, 0.15) is 0 Å². The molecule has 0 aromatic heterocycles. The molecule has 0 spiro atoms. The predicted molar refractivity (Wildman–Crippen MR) is 73.6 cm³/mol. The van der Waals surface area contributed by atoms with Crippen molar-refractivity contribution in [2.75, 3.05) is 25.4 Å². The number of thioether (sulfide) groups is 1. The predicted octanol–water partition coefficient (Wildman–Crippen LogP) is 2.01. The Morgan fingerprint density at radius 1 is 1.28 bits per heavy atom. The van der Waals surface area contributed by atoms with Crippen LogP contribution in [0.25, 0.3) is 0 Å². The van der Waals surface area contributed by atoms with Crippen molar-refractivity contribution < 1.29 is 9.90 Å². The number of rotatable bonds is 4. The molecule has 0 atom stereocenters. The van der Waals surface area contributed by atoms with Crippen molar-refractivity contribution in [3.8, 4) is 0 Å². The number of aliphatic hydroxyl groups is 1. The maximum Gasteiger partial charge on any atom is 0.232 e. The molecule has 0 saturated carbocycles. The highest BCUT2D eigenvalue weighted by molar-refractivity contribution is 8.00. The van der Waals surface area contributed by atoms with E-state index in [2.05, 4.69) is 0 Å². The molecule has 1 amide bonds. The third-order valence-corrected chi connectivity index (χ3v) is 4.33. The third kappa shape index (κ3) is 3.75. The Kier molecular flexibility index (Phi) is 5.08. The van der Waals surface area contributed by atoms with Crippen LogP contribution < -0.4 is 0 Å². The second-order valence-electron chi connectivity index (χ2n) is 4.61. The lowest BCUT2D eigenvalue weighted by Gasteiger charge is -2.31. The fraction of sp³-hybridized carbons (Fsp3) is 0.500. The first-order valence-corrected chi connectivity index (χ1v) is 7.34. The average molecular weight is 265 g/mol. The molecule has 1 aromatic rings. The molecule has 0 bridgehead atoms. The van der Waals surface area contributed by atoms with Crippen LogP contribution in [-0.2, 0) is 4.79 Å². The summed E-state index contributed by atoms with van der Waals surface area (Å²) < 4.78 is 0. The molecule has 98 valence electrons. The molecular formula is C14H19NO2S. The van der Waals surface area contributed by atoms with Crippen molar-refractivity contribution in [2.45, 2.75) is 17.7 Å². The number of carbonyl (C=O) groups is 1. The van der Waals surface area contributed by atoms with Crippen molar-refractivity contribution in [2.24, 2.45) is 5.92 Å². The van der Waals surface area contributed by atoms with Gasteiger partial charge in [0.2, 0.25) is 5.91 Å². The van der Waals surface area contributed by atoms with Crippen LogP contribution in [0.15, 0.2) is 35.2 Å². The van der Waals surface area contributed by atoms with Crippen LogP contribution in [0.3, 0.4) is 0 Å². The Morgan fingerprint density at radius 2 is 1.94 bits per heavy atom. The van der Waals surface area contributed by atoms with Gasteiger partial charge in [0, 0.05) is 24.6 Å². The number of hydrogen-bond acceptors (Lipinski definition) is 3. The van der Waals surface area contributed by atoms with Crippen LogP contribution >= 0.6 is 11.8 Å². The number of nitrogens with zero attached hydrogens (tertiary/aromatic N) is 1. The number of amides is 1. The van der Waals surface area contributed by atoms with Gasteiger partial charge in [0.05, 0.1) is 5.75 Å². The summed E-state index contributed by atoms with van der Waals surface area (Å²) in [6.45, 7) is 1.83. The molecule has 1 heterocycles. The van der Waals surface area contributed by atoms with Crippen LogP contribution in [0.1, 0.15) is 12.8 Å². The quantitative estimate of drug-likeness (QED) is 0.847. The number of piperidine rings is 1. The Hall–Kier alpha value is -1.00. The molecule has 0 radical (unpaired) electrons. The molecule has 1 aliphatic rings. The van der Waals surface area contributed by atoms with Gasteiger partial charge >= 0.3 is 0 Å². The van der Waals surface area contributed by atoms with Gasteiger partial charge in [-0.1, -0.05) is 18.2 Å². The fourth-order valence-corrected chi connectivity index (χ4v) is 2.94. The highest BCUT2D eigenvalue weighted by Crippen LogP contribution is 2.20. The Labute approximate surface area is 112 Å². The van der Waals surface area contributed by atoms with Gasteiger partial charge < -0.3 is 10.0 Å². The van der Waals surface area contributed by atoms with Crippen molar-refractivity contribution in [1.82, 2.24) is 4.90 Å².